The van der Waals surface area contributed by atoms with Crippen LogP contribution < -0.4 is 9.47 Å². The van der Waals surface area contributed by atoms with Gasteiger partial charge in [0.2, 0.25) is 0 Å². The molecule has 3 rings (SSSR count). The minimum absolute atomic E-state index is 0.100. The molecule has 1 amide bonds. The summed E-state index contributed by atoms with van der Waals surface area (Å²) in [4.78, 5) is 26.4. The molecule has 27 heavy (non-hydrogen) atoms. The Hall–Kier alpha value is -3.03. The minimum Gasteiger partial charge on any atom is -0.493 e. The first-order chi connectivity index (χ1) is 12.9. The van der Waals surface area contributed by atoms with Gasteiger partial charge in [0.1, 0.15) is 11.3 Å². The molecule has 0 unspecified atom stereocenters. The zero-order valence-corrected chi connectivity index (χ0v) is 15.7. The van der Waals surface area contributed by atoms with Crippen LogP contribution in [0, 0.1) is 19.8 Å². The number of carbonyl (C=O) groups excluding carboxylic acids is 1. The van der Waals surface area contributed by atoms with Crippen LogP contribution in [0.1, 0.15) is 33.3 Å². The molecule has 1 fully saturated rings. The van der Waals surface area contributed by atoms with Crippen molar-refractivity contribution < 1.29 is 28.7 Å². The number of methoxy groups -OCH3 is 2. The maximum Gasteiger partial charge on any atom is 0.308 e. The van der Waals surface area contributed by atoms with Crippen molar-refractivity contribution >= 4 is 11.9 Å². The van der Waals surface area contributed by atoms with Gasteiger partial charge in [0.25, 0.3) is 5.91 Å². The van der Waals surface area contributed by atoms with Gasteiger partial charge in [0, 0.05) is 24.6 Å². The maximum atomic E-state index is 12.9. The van der Waals surface area contributed by atoms with E-state index in [4.69, 9.17) is 14.0 Å². The summed E-state index contributed by atoms with van der Waals surface area (Å²) in [5.74, 6) is -0.975. The molecule has 0 bridgehead atoms. The first-order valence-corrected chi connectivity index (χ1v) is 8.54. The number of hydrogen-bond donors (Lipinski definition) is 1. The van der Waals surface area contributed by atoms with Gasteiger partial charge in [0.15, 0.2) is 11.5 Å². The van der Waals surface area contributed by atoms with Crippen LogP contribution >= 0.6 is 0 Å². The Bertz CT molecular complexity index is 856. The average molecular weight is 374 g/mol. The number of carbonyl (C=O) groups is 2. The molecule has 0 radical (unpaired) electrons. The monoisotopic (exact) mass is 374 g/mol. The van der Waals surface area contributed by atoms with E-state index in [0.717, 1.165) is 0 Å². The first-order valence-electron chi connectivity index (χ1n) is 8.54. The van der Waals surface area contributed by atoms with Gasteiger partial charge < -0.3 is 24.0 Å². The molecule has 2 atom stereocenters. The second-order valence-corrected chi connectivity index (χ2v) is 6.54. The van der Waals surface area contributed by atoms with Crippen molar-refractivity contribution in [1.29, 1.82) is 0 Å². The van der Waals surface area contributed by atoms with Gasteiger partial charge in [0.05, 0.1) is 25.8 Å². The third-order valence-corrected chi connectivity index (χ3v) is 5.00. The van der Waals surface area contributed by atoms with E-state index < -0.39 is 17.8 Å². The summed E-state index contributed by atoms with van der Waals surface area (Å²) < 4.78 is 15.9. The van der Waals surface area contributed by atoms with E-state index in [2.05, 4.69) is 5.16 Å². The largest absolute Gasteiger partial charge is 0.493 e. The number of likely N-dealkylation sites (tertiary alicyclic amines) is 1. The van der Waals surface area contributed by atoms with Gasteiger partial charge in [-0.15, -0.1) is 0 Å². The van der Waals surface area contributed by atoms with E-state index in [1.165, 1.54) is 19.1 Å². The highest BCUT2D eigenvalue weighted by atomic mass is 16.5. The Morgan fingerprint density at radius 2 is 1.96 bits per heavy atom. The van der Waals surface area contributed by atoms with Crippen LogP contribution in [-0.4, -0.2) is 54.3 Å². The minimum atomic E-state index is -0.959. The van der Waals surface area contributed by atoms with Crippen molar-refractivity contribution in [2.75, 3.05) is 27.3 Å². The summed E-state index contributed by atoms with van der Waals surface area (Å²) in [6, 6.07) is 5.35. The fraction of sp³-hybridized carbons (Fsp3) is 0.421. The Labute approximate surface area is 156 Å². The van der Waals surface area contributed by atoms with Gasteiger partial charge in [-0.1, -0.05) is 17.3 Å². The lowest BCUT2D eigenvalue weighted by Crippen LogP contribution is -2.30. The van der Waals surface area contributed by atoms with E-state index in [1.807, 2.05) is 6.07 Å². The number of aliphatic carboxylic acids is 1. The van der Waals surface area contributed by atoms with E-state index in [0.29, 0.717) is 34.1 Å². The Kier molecular flexibility index (Phi) is 5.07. The lowest BCUT2D eigenvalue weighted by Gasteiger charge is -2.20. The smallest absolute Gasteiger partial charge is 0.308 e. The van der Waals surface area contributed by atoms with Crippen molar-refractivity contribution in [3.8, 4) is 11.5 Å². The SMILES string of the molecule is COc1cccc([C@@H]2CN(C(=O)c3c(C)noc3C)C[C@H]2C(=O)O)c1OC. The molecule has 1 N–H and O–H groups in total. The van der Waals surface area contributed by atoms with E-state index >= 15 is 0 Å². The number of rotatable bonds is 5. The molecule has 0 aliphatic carbocycles. The third kappa shape index (κ3) is 3.22. The van der Waals surface area contributed by atoms with Crippen LogP contribution in [0.5, 0.6) is 11.5 Å². The highest BCUT2D eigenvalue weighted by Gasteiger charge is 2.43. The molecule has 1 aromatic heterocycles. The highest BCUT2D eigenvalue weighted by molar-refractivity contribution is 5.96. The predicted octanol–water partition coefficient (Wildman–Crippen LogP) is 2.25. The van der Waals surface area contributed by atoms with Crippen LogP contribution in [-0.2, 0) is 4.79 Å². The van der Waals surface area contributed by atoms with Crippen molar-refractivity contribution in [2.45, 2.75) is 19.8 Å². The van der Waals surface area contributed by atoms with Crippen molar-refractivity contribution in [2.24, 2.45) is 5.92 Å². The zero-order valence-electron chi connectivity index (χ0n) is 15.7. The molecule has 1 saturated heterocycles. The van der Waals surface area contributed by atoms with E-state index in [-0.39, 0.29) is 19.0 Å². The fourth-order valence-electron chi connectivity index (χ4n) is 3.69. The number of aromatic nitrogens is 1. The van der Waals surface area contributed by atoms with Crippen molar-refractivity contribution in [3.63, 3.8) is 0 Å². The standard InChI is InChI=1S/C19H22N2O6/c1-10-16(11(2)27-20-10)18(22)21-8-13(14(9-21)19(23)24)12-6-5-7-15(25-3)17(12)26-4/h5-7,13-14H,8-9H2,1-4H3,(H,23,24)/t13-,14+/m0/s1. The molecular weight excluding hydrogens is 352 g/mol. The molecular formula is C19H22N2O6. The fourth-order valence-corrected chi connectivity index (χ4v) is 3.69. The second-order valence-electron chi connectivity index (χ2n) is 6.54. The number of ether oxygens (including phenoxy) is 2. The van der Waals surface area contributed by atoms with Gasteiger partial charge >= 0.3 is 5.97 Å². The lowest BCUT2D eigenvalue weighted by atomic mass is 9.88. The normalized spacial score (nSPS) is 19.2. The molecule has 0 saturated carbocycles. The highest BCUT2D eigenvalue weighted by Crippen LogP contribution is 2.42. The Balaban J connectivity index is 1.97. The van der Waals surface area contributed by atoms with E-state index in [9.17, 15) is 14.7 Å². The molecule has 2 heterocycles. The van der Waals surface area contributed by atoms with E-state index in [1.54, 1.807) is 26.0 Å². The number of carboxylic acids is 1. The molecule has 1 aliphatic heterocycles. The molecule has 2 aromatic rings. The van der Waals surface area contributed by atoms with Gasteiger partial charge in [-0.25, -0.2) is 0 Å². The number of carboxylic acid groups (broad SMARTS) is 1. The molecule has 0 spiro atoms. The maximum absolute atomic E-state index is 12.9. The quantitative estimate of drug-likeness (QED) is 0.856. The van der Waals surface area contributed by atoms with Gasteiger partial charge in [-0.3, -0.25) is 9.59 Å². The molecule has 8 nitrogen and oxygen atoms in total. The zero-order chi connectivity index (χ0) is 19.7. The number of para-hydroxylation sites is 1. The summed E-state index contributed by atoms with van der Waals surface area (Å²) in [5.41, 5.74) is 1.59. The summed E-state index contributed by atoms with van der Waals surface area (Å²) in [7, 11) is 3.04. The first kappa shape index (κ1) is 18.8. The number of hydrogen-bond acceptors (Lipinski definition) is 6. The predicted molar refractivity (Wildman–Crippen MR) is 95.3 cm³/mol. The van der Waals surface area contributed by atoms with Crippen molar-refractivity contribution in [3.05, 3.63) is 40.8 Å². The van der Waals surface area contributed by atoms with Crippen molar-refractivity contribution in [1.82, 2.24) is 10.1 Å². The molecule has 144 valence electrons. The Morgan fingerprint density at radius 3 is 2.52 bits per heavy atom. The van der Waals surface area contributed by atoms with Crippen LogP contribution in [0.2, 0.25) is 0 Å². The number of nitrogens with zero attached hydrogens (tertiary/aromatic N) is 2. The summed E-state index contributed by atoms with van der Waals surface area (Å²) >= 11 is 0. The number of benzene rings is 1. The molecule has 8 heteroatoms. The number of aryl methyl sites for hydroxylation is 2. The van der Waals surface area contributed by atoms with Crippen LogP contribution in [0.4, 0.5) is 0 Å². The molecule has 1 aliphatic rings. The summed E-state index contributed by atoms with van der Waals surface area (Å²) in [6.07, 6.45) is 0. The van der Waals surface area contributed by atoms with Gasteiger partial charge in [-0.05, 0) is 19.9 Å². The van der Waals surface area contributed by atoms with Crippen LogP contribution in [0.25, 0.3) is 0 Å². The number of amides is 1. The summed E-state index contributed by atoms with van der Waals surface area (Å²) in [6.45, 7) is 3.71. The van der Waals surface area contributed by atoms with Crippen LogP contribution in [0.3, 0.4) is 0 Å². The van der Waals surface area contributed by atoms with Gasteiger partial charge in [-0.2, -0.15) is 0 Å². The molecule has 1 aromatic carbocycles. The van der Waals surface area contributed by atoms with Crippen LogP contribution in [0.15, 0.2) is 22.7 Å². The second kappa shape index (κ2) is 7.30. The summed E-state index contributed by atoms with van der Waals surface area (Å²) in [5, 5.41) is 13.5. The lowest BCUT2D eigenvalue weighted by molar-refractivity contribution is -0.141. The Morgan fingerprint density at radius 1 is 1.22 bits per heavy atom. The average Bonchev–Trinajstić information content (AvgIpc) is 3.24. The third-order valence-electron chi connectivity index (χ3n) is 5.00. The topological polar surface area (TPSA) is 102 Å².